The zero-order chi connectivity index (χ0) is 15.7. The number of ether oxygens (including phenoxy) is 1. The summed E-state index contributed by atoms with van der Waals surface area (Å²) in [6.45, 7) is 4.22. The van der Waals surface area contributed by atoms with E-state index in [1.807, 2.05) is 30.5 Å². The molecule has 0 spiro atoms. The predicted molar refractivity (Wildman–Crippen MR) is 97.7 cm³/mol. The van der Waals surface area contributed by atoms with E-state index in [0.29, 0.717) is 0 Å². The molecular formula is C18H20Cl2N2O. The van der Waals surface area contributed by atoms with Gasteiger partial charge in [-0.2, -0.15) is 0 Å². The SMILES string of the molecule is COC(Cc1nccc2c(C)c(C)[nH]c12)c1ccc(Cl)cc1.Cl. The molecule has 1 atom stereocenters. The van der Waals surface area contributed by atoms with Crippen LogP contribution in [0.1, 0.15) is 28.6 Å². The minimum atomic E-state index is -0.0423. The summed E-state index contributed by atoms with van der Waals surface area (Å²) in [5, 5.41) is 1.96. The van der Waals surface area contributed by atoms with E-state index in [9.17, 15) is 0 Å². The summed E-state index contributed by atoms with van der Waals surface area (Å²) < 4.78 is 5.67. The van der Waals surface area contributed by atoms with Crippen molar-refractivity contribution in [2.45, 2.75) is 26.4 Å². The van der Waals surface area contributed by atoms with E-state index in [0.717, 1.165) is 28.2 Å². The number of hydrogen-bond donors (Lipinski definition) is 1. The Bertz CT molecular complexity index is 797. The molecule has 5 heteroatoms. The van der Waals surface area contributed by atoms with Crippen LogP contribution in [0.3, 0.4) is 0 Å². The molecule has 3 nitrogen and oxygen atoms in total. The van der Waals surface area contributed by atoms with Crippen LogP contribution in [0.2, 0.25) is 5.02 Å². The number of halogens is 2. The molecule has 3 rings (SSSR count). The van der Waals surface area contributed by atoms with Crippen LogP contribution in [0, 0.1) is 13.8 Å². The number of pyridine rings is 1. The molecule has 1 N–H and O–H groups in total. The first-order valence-electron chi connectivity index (χ1n) is 7.31. The fraction of sp³-hybridized carbons (Fsp3) is 0.278. The molecule has 122 valence electrons. The Balaban J connectivity index is 0.00000192. The van der Waals surface area contributed by atoms with E-state index < -0.39 is 0 Å². The average Bonchev–Trinajstić information content (AvgIpc) is 2.82. The number of nitrogens with zero attached hydrogens (tertiary/aromatic N) is 1. The number of aromatic amines is 1. The Labute approximate surface area is 147 Å². The Morgan fingerprint density at radius 2 is 1.87 bits per heavy atom. The molecule has 0 fully saturated rings. The summed E-state index contributed by atoms with van der Waals surface area (Å²) in [5.41, 5.74) is 5.69. The van der Waals surface area contributed by atoms with E-state index in [1.165, 1.54) is 16.6 Å². The Morgan fingerprint density at radius 3 is 2.52 bits per heavy atom. The van der Waals surface area contributed by atoms with E-state index in [1.54, 1.807) is 7.11 Å². The van der Waals surface area contributed by atoms with Crippen LogP contribution in [0.5, 0.6) is 0 Å². The van der Waals surface area contributed by atoms with Crippen LogP contribution in [0.25, 0.3) is 10.9 Å². The third-order valence-corrected chi connectivity index (χ3v) is 4.47. The van der Waals surface area contributed by atoms with Gasteiger partial charge in [0.2, 0.25) is 0 Å². The van der Waals surface area contributed by atoms with Gasteiger partial charge in [0.15, 0.2) is 0 Å². The Kier molecular flexibility index (Phi) is 5.69. The predicted octanol–water partition coefficient (Wildman–Crippen LogP) is 5.19. The molecule has 0 saturated carbocycles. The molecule has 1 unspecified atom stereocenters. The summed E-state index contributed by atoms with van der Waals surface area (Å²) in [4.78, 5) is 8.00. The van der Waals surface area contributed by atoms with Crippen molar-refractivity contribution in [2.75, 3.05) is 7.11 Å². The number of rotatable bonds is 4. The molecular weight excluding hydrogens is 331 g/mol. The smallest absolute Gasteiger partial charge is 0.0877 e. The van der Waals surface area contributed by atoms with Gasteiger partial charge in [-0.05, 0) is 43.2 Å². The largest absolute Gasteiger partial charge is 0.376 e. The second-order valence-electron chi connectivity index (χ2n) is 5.54. The number of aryl methyl sites for hydroxylation is 2. The molecule has 0 aliphatic heterocycles. The van der Waals surface area contributed by atoms with Gasteiger partial charge in [-0.3, -0.25) is 4.98 Å². The number of nitrogens with one attached hydrogen (secondary N) is 1. The number of methoxy groups -OCH3 is 1. The van der Waals surface area contributed by atoms with Crippen molar-refractivity contribution in [1.29, 1.82) is 0 Å². The third kappa shape index (κ3) is 3.52. The van der Waals surface area contributed by atoms with Crippen LogP contribution < -0.4 is 0 Å². The molecule has 3 aromatic rings. The van der Waals surface area contributed by atoms with Gasteiger partial charge >= 0.3 is 0 Å². The van der Waals surface area contributed by atoms with Crippen LogP contribution in [-0.4, -0.2) is 17.1 Å². The van der Waals surface area contributed by atoms with Crippen molar-refractivity contribution >= 4 is 34.9 Å². The average molecular weight is 351 g/mol. The maximum Gasteiger partial charge on any atom is 0.0877 e. The number of fused-ring (bicyclic) bond motifs is 1. The molecule has 0 radical (unpaired) electrons. The Morgan fingerprint density at radius 1 is 1.17 bits per heavy atom. The van der Waals surface area contributed by atoms with Crippen molar-refractivity contribution in [3.05, 3.63) is 64.1 Å². The molecule has 0 saturated heterocycles. The monoisotopic (exact) mass is 350 g/mol. The van der Waals surface area contributed by atoms with Crippen LogP contribution >= 0.6 is 24.0 Å². The van der Waals surface area contributed by atoms with Crippen LogP contribution in [-0.2, 0) is 11.2 Å². The minimum absolute atomic E-state index is 0. The van der Waals surface area contributed by atoms with E-state index in [-0.39, 0.29) is 18.5 Å². The molecule has 0 aliphatic carbocycles. The Hall–Kier alpha value is -1.55. The number of benzene rings is 1. The summed E-state index contributed by atoms with van der Waals surface area (Å²) in [6, 6.07) is 9.84. The molecule has 0 bridgehead atoms. The summed E-state index contributed by atoms with van der Waals surface area (Å²) in [7, 11) is 1.73. The van der Waals surface area contributed by atoms with Crippen molar-refractivity contribution < 1.29 is 4.74 Å². The molecule has 0 aliphatic rings. The molecule has 1 aromatic carbocycles. The number of hydrogen-bond acceptors (Lipinski definition) is 2. The van der Waals surface area contributed by atoms with E-state index in [4.69, 9.17) is 16.3 Å². The maximum absolute atomic E-state index is 5.96. The highest BCUT2D eigenvalue weighted by molar-refractivity contribution is 6.30. The summed E-state index contributed by atoms with van der Waals surface area (Å²) in [6.07, 6.45) is 2.54. The van der Waals surface area contributed by atoms with Crippen molar-refractivity contribution in [3.63, 3.8) is 0 Å². The van der Waals surface area contributed by atoms with Gasteiger partial charge in [-0.25, -0.2) is 0 Å². The first-order chi connectivity index (χ1) is 10.6. The third-order valence-electron chi connectivity index (χ3n) is 4.21. The van der Waals surface area contributed by atoms with E-state index >= 15 is 0 Å². The zero-order valence-electron chi connectivity index (χ0n) is 13.4. The quantitative estimate of drug-likeness (QED) is 0.703. The lowest BCUT2D eigenvalue weighted by molar-refractivity contribution is 0.103. The van der Waals surface area contributed by atoms with Crippen LogP contribution in [0.15, 0.2) is 36.5 Å². The standard InChI is InChI=1S/C18H19ClN2O.ClH/c1-11-12(2)21-18-15(11)8-9-20-16(18)10-17(22-3)13-4-6-14(19)7-5-13;/h4-9,17,21H,10H2,1-3H3;1H. The summed E-state index contributed by atoms with van der Waals surface area (Å²) in [5.74, 6) is 0. The highest BCUT2D eigenvalue weighted by Gasteiger charge is 2.16. The van der Waals surface area contributed by atoms with Gasteiger partial charge in [-0.15, -0.1) is 12.4 Å². The highest BCUT2D eigenvalue weighted by Crippen LogP contribution is 2.28. The van der Waals surface area contributed by atoms with Gasteiger partial charge < -0.3 is 9.72 Å². The fourth-order valence-electron chi connectivity index (χ4n) is 2.79. The normalized spacial score (nSPS) is 12.2. The lowest BCUT2D eigenvalue weighted by Crippen LogP contribution is -2.07. The lowest BCUT2D eigenvalue weighted by Gasteiger charge is -2.16. The van der Waals surface area contributed by atoms with Gasteiger partial charge in [0.25, 0.3) is 0 Å². The molecule has 23 heavy (non-hydrogen) atoms. The second kappa shape index (κ2) is 7.35. The molecule has 2 aromatic heterocycles. The minimum Gasteiger partial charge on any atom is -0.376 e. The van der Waals surface area contributed by atoms with Crippen molar-refractivity contribution in [3.8, 4) is 0 Å². The summed E-state index contributed by atoms with van der Waals surface area (Å²) >= 11 is 5.96. The molecule has 2 heterocycles. The lowest BCUT2D eigenvalue weighted by atomic mass is 10.0. The first-order valence-corrected chi connectivity index (χ1v) is 7.69. The van der Waals surface area contributed by atoms with E-state index in [2.05, 4.69) is 29.9 Å². The van der Waals surface area contributed by atoms with Crippen molar-refractivity contribution in [2.24, 2.45) is 0 Å². The first kappa shape index (κ1) is 17.8. The second-order valence-corrected chi connectivity index (χ2v) is 5.97. The van der Waals surface area contributed by atoms with Gasteiger partial charge in [0.1, 0.15) is 0 Å². The maximum atomic E-state index is 5.96. The molecule has 0 amide bonds. The van der Waals surface area contributed by atoms with Gasteiger partial charge in [-0.1, -0.05) is 23.7 Å². The topological polar surface area (TPSA) is 37.9 Å². The highest BCUT2D eigenvalue weighted by atomic mass is 35.5. The number of aromatic nitrogens is 2. The van der Waals surface area contributed by atoms with Crippen LogP contribution in [0.4, 0.5) is 0 Å². The van der Waals surface area contributed by atoms with Gasteiger partial charge in [0.05, 0.1) is 17.3 Å². The van der Waals surface area contributed by atoms with Crippen molar-refractivity contribution in [1.82, 2.24) is 9.97 Å². The number of H-pyrrole nitrogens is 1. The fourth-order valence-corrected chi connectivity index (χ4v) is 2.91. The van der Waals surface area contributed by atoms with Gasteiger partial charge in [0, 0.05) is 35.8 Å². The zero-order valence-corrected chi connectivity index (χ0v) is 15.0.